The van der Waals surface area contributed by atoms with E-state index in [-0.39, 0.29) is 17.6 Å². The Morgan fingerprint density at radius 3 is 1.31 bits per heavy atom. The number of benzene rings is 2. The fourth-order valence-electron chi connectivity index (χ4n) is 4.51. The van der Waals surface area contributed by atoms with Gasteiger partial charge in [0.2, 0.25) is 0 Å². The molecule has 2 aromatic rings. The molecule has 2 heterocycles. The minimum Gasteiger partial charge on any atom is -0.491 e. The van der Waals surface area contributed by atoms with E-state index in [0.717, 1.165) is 49.6 Å². The van der Waals surface area contributed by atoms with Crippen molar-refractivity contribution in [3.8, 4) is 11.5 Å². The average molecular weight is 483 g/mol. The van der Waals surface area contributed by atoms with Crippen LogP contribution in [0.4, 0.5) is 0 Å². The van der Waals surface area contributed by atoms with Gasteiger partial charge in [-0.15, -0.1) is 0 Å². The van der Waals surface area contributed by atoms with E-state index in [1.165, 1.54) is 36.8 Å². The summed E-state index contributed by atoms with van der Waals surface area (Å²) in [5.41, 5.74) is 13.5. The van der Waals surface area contributed by atoms with Crippen molar-refractivity contribution in [3.63, 3.8) is 0 Å². The third-order valence-electron chi connectivity index (χ3n) is 7.46. The van der Waals surface area contributed by atoms with Gasteiger partial charge in [-0.05, 0) is 86.0 Å². The summed E-state index contributed by atoms with van der Waals surface area (Å²) in [7, 11) is 0. The summed E-state index contributed by atoms with van der Waals surface area (Å²) in [5, 5.41) is 0. The predicted molar refractivity (Wildman–Crippen MR) is 139 cm³/mol. The molecule has 2 aromatic carbocycles. The topological polar surface area (TPSA) is 95.6 Å². The van der Waals surface area contributed by atoms with E-state index in [2.05, 4.69) is 38.1 Å². The van der Waals surface area contributed by atoms with Gasteiger partial charge in [0.05, 0.1) is 13.2 Å². The summed E-state index contributed by atoms with van der Waals surface area (Å²) in [5.74, 6) is 3.37. The molecular weight excluding hydrogens is 440 g/mol. The van der Waals surface area contributed by atoms with Crippen molar-refractivity contribution >= 4 is 0 Å². The van der Waals surface area contributed by atoms with E-state index >= 15 is 0 Å². The van der Waals surface area contributed by atoms with E-state index in [1.54, 1.807) is 0 Å². The van der Waals surface area contributed by atoms with Crippen LogP contribution in [0.1, 0.15) is 50.7 Å². The standard InChI is InChI=1S/C21H24O4.C8H18N2/c1-21(2,15-3-7-17(8-4-15)22-11-19-13-24-19)16-5-9-18(10-6-16)23-12-20-14-25-20;9-5-7-1-2-8(6-10)4-3-7/h3-10,19-20H,11-14H2,1-2H3;7-8H,1-6,9-10H2. The molecule has 0 aromatic heterocycles. The molecule has 1 saturated carbocycles. The number of nitrogens with two attached hydrogens (primary N) is 2. The lowest BCUT2D eigenvalue weighted by molar-refractivity contribution is 0.263. The molecule has 192 valence electrons. The van der Waals surface area contributed by atoms with Crippen LogP contribution >= 0.6 is 0 Å². The van der Waals surface area contributed by atoms with Crippen LogP contribution in [0.3, 0.4) is 0 Å². The quantitative estimate of drug-likeness (QED) is 0.491. The van der Waals surface area contributed by atoms with Gasteiger partial charge in [0.25, 0.3) is 0 Å². The predicted octanol–water partition coefficient (Wildman–Crippen LogP) is 4.28. The second-order valence-corrected chi connectivity index (χ2v) is 10.6. The van der Waals surface area contributed by atoms with Crippen LogP contribution in [-0.4, -0.2) is 51.7 Å². The zero-order chi connectivity index (χ0) is 24.7. The molecule has 6 nitrogen and oxygen atoms in total. The largest absolute Gasteiger partial charge is 0.491 e. The zero-order valence-corrected chi connectivity index (χ0v) is 21.3. The molecule has 0 amide bonds. The smallest absolute Gasteiger partial charge is 0.119 e. The van der Waals surface area contributed by atoms with Gasteiger partial charge in [-0.3, -0.25) is 0 Å². The molecule has 0 bridgehead atoms. The van der Waals surface area contributed by atoms with Gasteiger partial charge in [-0.25, -0.2) is 0 Å². The van der Waals surface area contributed by atoms with Crippen LogP contribution in [0, 0.1) is 11.8 Å². The molecule has 3 aliphatic rings. The Bertz CT molecular complexity index is 810. The highest BCUT2D eigenvalue weighted by molar-refractivity contribution is 5.41. The molecular formula is C29H42N2O4. The van der Waals surface area contributed by atoms with Crippen molar-refractivity contribution in [2.45, 2.75) is 57.2 Å². The molecule has 2 aliphatic heterocycles. The van der Waals surface area contributed by atoms with Gasteiger partial charge in [0, 0.05) is 5.41 Å². The first kappa shape index (κ1) is 26.0. The van der Waals surface area contributed by atoms with Crippen LogP contribution in [0.15, 0.2) is 48.5 Å². The molecule has 0 spiro atoms. The Hall–Kier alpha value is -2.12. The lowest BCUT2D eigenvalue weighted by atomic mass is 9.78. The van der Waals surface area contributed by atoms with Crippen LogP contribution in [-0.2, 0) is 14.9 Å². The first-order valence-corrected chi connectivity index (χ1v) is 13.1. The van der Waals surface area contributed by atoms with E-state index in [9.17, 15) is 0 Å². The van der Waals surface area contributed by atoms with Gasteiger partial charge in [-0.1, -0.05) is 38.1 Å². The number of hydrogen-bond acceptors (Lipinski definition) is 6. The monoisotopic (exact) mass is 482 g/mol. The fraction of sp³-hybridized carbons (Fsp3) is 0.586. The van der Waals surface area contributed by atoms with Crippen molar-refractivity contribution in [2.75, 3.05) is 39.5 Å². The van der Waals surface area contributed by atoms with E-state index in [1.807, 2.05) is 24.3 Å². The lowest BCUT2D eigenvalue weighted by Gasteiger charge is -2.26. The van der Waals surface area contributed by atoms with Gasteiger partial charge < -0.3 is 30.4 Å². The molecule has 0 radical (unpaired) electrons. The molecule has 6 heteroatoms. The van der Waals surface area contributed by atoms with Crippen molar-refractivity contribution in [2.24, 2.45) is 23.3 Å². The highest BCUT2D eigenvalue weighted by Crippen LogP contribution is 2.33. The van der Waals surface area contributed by atoms with Crippen LogP contribution in [0.25, 0.3) is 0 Å². The first-order chi connectivity index (χ1) is 17.0. The van der Waals surface area contributed by atoms with Crippen molar-refractivity contribution < 1.29 is 18.9 Å². The maximum atomic E-state index is 5.72. The third-order valence-corrected chi connectivity index (χ3v) is 7.46. The zero-order valence-electron chi connectivity index (χ0n) is 21.3. The second kappa shape index (κ2) is 12.2. The maximum absolute atomic E-state index is 5.72. The minimum absolute atomic E-state index is 0.0870. The molecule has 5 rings (SSSR count). The summed E-state index contributed by atoms with van der Waals surface area (Å²) in [6.07, 6.45) is 5.78. The summed E-state index contributed by atoms with van der Waals surface area (Å²) in [6, 6.07) is 16.7. The number of rotatable bonds is 10. The molecule has 2 atom stereocenters. The van der Waals surface area contributed by atoms with Gasteiger partial charge in [0.15, 0.2) is 0 Å². The number of ether oxygens (including phenoxy) is 4. The molecule has 4 N–H and O–H groups in total. The Morgan fingerprint density at radius 1 is 0.686 bits per heavy atom. The first-order valence-electron chi connectivity index (χ1n) is 13.1. The van der Waals surface area contributed by atoms with Crippen molar-refractivity contribution in [1.82, 2.24) is 0 Å². The summed E-state index contributed by atoms with van der Waals surface area (Å²) < 4.78 is 21.8. The third kappa shape index (κ3) is 7.94. The SMILES string of the molecule is CC(C)(c1ccc(OCC2CO2)cc1)c1ccc(OCC2CO2)cc1.NCC1CCC(CN)CC1. The highest BCUT2D eigenvalue weighted by atomic mass is 16.6. The van der Waals surface area contributed by atoms with Crippen molar-refractivity contribution in [1.29, 1.82) is 0 Å². The Morgan fingerprint density at radius 2 is 1.03 bits per heavy atom. The van der Waals surface area contributed by atoms with Gasteiger partial charge in [-0.2, -0.15) is 0 Å². The normalized spacial score (nSPS) is 25.3. The van der Waals surface area contributed by atoms with E-state index in [0.29, 0.717) is 13.2 Å². The summed E-state index contributed by atoms with van der Waals surface area (Å²) >= 11 is 0. The van der Waals surface area contributed by atoms with Gasteiger partial charge >= 0.3 is 0 Å². The Balaban J connectivity index is 0.000000243. The van der Waals surface area contributed by atoms with Crippen molar-refractivity contribution in [3.05, 3.63) is 59.7 Å². The van der Waals surface area contributed by atoms with E-state index < -0.39 is 0 Å². The van der Waals surface area contributed by atoms with Crippen LogP contribution in [0.5, 0.6) is 11.5 Å². The molecule has 1 aliphatic carbocycles. The second-order valence-electron chi connectivity index (χ2n) is 10.6. The summed E-state index contributed by atoms with van der Waals surface area (Å²) in [4.78, 5) is 0. The van der Waals surface area contributed by atoms with Gasteiger partial charge in [0.1, 0.15) is 36.9 Å². The number of epoxide rings is 2. The van der Waals surface area contributed by atoms with Crippen LogP contribution in [0.2, 0.25) is 0 Å². The molecule has 3 fully saturated rings. The number of hydrogen-bond donors (Lipinski definition) is 2. The summed E-state index contributed by atoms with van der Waals surface area (Å²) in [6.45, 7) is 9.11. The minimum atomic E-state index is -0.0870. The molecule has 35 heavy (non-hydrogen) atoms. The Labute approximate surface area is 210 Å². The maximum Gasteiger partial charge on any atom is 0.119 e. The highest BCUT2D eigenvalue weighted by Gasteiger charge is 2.26. The lowest BCUT2D eigenvalue weighted by Crippen LogP contribution is -2.25. The Kier molecular flexibility index (Phi) is 9.06. The van der Waals surface area contributed by atoms with Crippen LogP contribution < -0.4 is 20.9 Å². The van der Waals surface area contributed by atoms with E-state index in [4.69, 9.17) is 30.4 Å². The molecule has 2 unspecified atom stereocenters. The molecule has 2 saturated heterocycles. The average Bonchev–Trinajstić information content (AvgIpc) is 3.83. The fourth-order valence-corrected chi connectivity index (χ4v) is 4.51.